The summed E-state index contributed by atoms with van der Waals surface area (Å²) in [6.07, 6.45) is 0. The number of para-hydroxylation sites is 1. The van der Waals surface area contributed by atoms with Crippen LogP contribution in [0.4, 0.5) is 11.4 Å². The van der Waals surface area contributed by atoms with Crippen LogP contribution in [0.1, 0.15) is 36.6 Å². The molecule has 0 saturated heterocycles. The van der Waals surface area contributed by atoms with E-state index in [1.165, 1.54) is 18.2 Å². The Labute approximate surface area is 188 Å². The Morgan fingerprint density at radius 3 is 2.34 bits per heavy atom. The molecule has 0 saturated carbocycles. The SMILES string of the molecule is Cc1ccccc1N1C(=O)c2ccc(C(=O)OCC(=O)Nc3ccc(Cl)cc3)cc2C1=O. The highest BCUT2D eigenvalue weighted by Gasteiger charge is 2.37. The van der Waals surface area contributed by atoms with Crippen molar-refractivity contribution in [2.75, 3.05) is 16.8 Å². The molecule has 3 aromatic carbocycles. The maximum atomic E-state index is 12.9. The Balaban J connectivity index is 1.46. The molecule has 0 aliphatic carbocycles. The molecule has 3 amide bonds. The third-order valence-corrected chi connectivity index (χ3v) is 5.19. The van der Waals surface area contributed by atoms with Crippen molar-refractivity contribution in [2.45, 2.75) is 6.92 Å². The number of nitrogens with zero attached hydrogens (tertiary/aromatic N) is 1. The number of carbonyl (C=O) groups excluding carboxylic acids is 4. The fraction of sp³-hybridized carbons (Fsp3) is 0.0833. The molecule has 1 aliphatic heterocycles. The van der Waals surface area contributed by atoms with Crippen molar-refractivity contribution in [2.24, 2.45) is 0 Å². The van der Waals surface area contributed by atoms with Gasteiger partial charge in [-0.15, -0.1) is 0 Å². The smallest absolute Gasteiger partial charge is 0.338 e. The molecule has 3 aromatic rings. The average Bonchev–Trinajstić information content (AvgIpc) is 3.03. The lowest BCUT2D eigenvalue weighted by molar-refractivity contribution is -0.119. The molecule has 1 aliphatic rings. The first-order valence-electron chi connectivity index (χ1n) is 9.66. The van der Waals surface area contributed by atoms with E-state index in [-0.39, 0.29) is 16.7 Å². The van der Waals surface area contributed by atoms with Gasteiger partial charge in [-0.2, -0.15) is 0 Å². The van der Waals surface area contributed by atoms with Crippen LogP contribution in [0, 0.1) is 6.92 Å². The van der Waals surface area contributed by atoms with E-state index in [0.717, 1.165) is 10.5 Å². The maximum absolute atomic E-state index is 12.9. The molecule has 7 nitrogen and oxygen atoms in total. The third kappa shape index (κ3) is 4.10. The molecule has 0 spiro atoms. The lowest BCUT2D eigenvalue weighted by Gasteiger charge is -2.16. The molecule has 0 aromatic heterocycles. The number of esters is 1. The van der Waals surface area contributed by atoms with Gasteiger partial charge in [-0.1, -0.05) is 29.8 Å². The van der Waals surface area contributed by atoms with Crippen molar-refractivity contribution in [1.29, 1.82) is 0 Å². The van der Waals surface area contributed by atoms with E-state index in [0.29, 0.717) is 16.4 Å². The van der Waals surface area contributed by atoms with Crippen LogP contribution in [0.5, 0.6) is 0 Å². The summed E-state index contributed by atoms with van der Waals surface area (Å²) >= 11 is 5.80. The van der Waals surface area contributed by atoms with Crippen molar-refractivity contribution in [1.82, 2.24) is 0 Å². The molecule has 160 valence electrons. The van der Waals surface area contributed by atoms with Gasteiger partial charge < -0.3 is 10.1 Å². The van der Waals surface area contributed by atoms with Gasteiger partial charge in [0.25, 0.3) is 17.7 Å². The van der Waals surface area contributed by atoms with Gasteiger partial charge in [-0.25, -0.2) is 9.69 Å². The van der Waals surface area contributed by atoms with Gasteiger partial charge in [-0.3, -0.25) is 14.4 Å². The van der Waals surface area contributed by atoms with Crippen LogP contribution >= 0.6 is 11.6 Å². The monoisotopic (exact) mass is 448 g/mol. The number of hydrogen-bond acceptors (Lipinski definition) is 5. The zero-order chi connectivity index (χ0) is 22.8. The van der Waals surface area contributed by atoms with Gasteiger partial charge in [-0.05, 0) is 61.0 Å². The zero-order valence-corrected chi connectivity index (χ0v) is 17.7. The first kappa shape index (κ1) is 21.3. The van der Waals surface area contributed by atoms with Gasteiger partial charge in [0.1, 0.15) is 0 Å². The molecule has 4 rings (SSSR count). The summed E-state index contributed by atoms with van der Waals surface area (Å²) in [5.41, 5.74) is 2.15. The van der Waals surface area contributed by atoms with E-state index in [1.54, 1.807) is 49.4 Å². The van der Waals surface area contributed by atoms with Gasteiger partial charge in [0.2, 0.25) is 0 Å². The molecule has 0 bridgehead atoms. The van der Waals surface area contributed by atoms with E-state index < -0.39 is 30.3 Å². The van der Waals surface area contributed by atoms with Crippen LogP contribution in [0.15, 0.2) is 66.7 Å². The second-order valence-electron chi connectivity index (χ2n) is 7.12. The summed E-state index contributed by atoms with van der Waals surface area (Å²) in [5.74, 6) is -2.29. The first-order valence-corrected chi connectivity index (χ1v) is 10.0. The largest absolute Gasteiger partial charge is 0.452 e. The summed E-state index contributed by atoms with van der Waals surface area (Å²) in [6, 6.07) is 17.6. The molecule has 8 heteroatoms. The number of nitrogens with one attached hydrogen (secondary N) is 1. The number of hydrogen-bond donors (Lipinski definition) is 1. The Hall–Kier alpha value is -3.97. The summed E-state index contributed by atoms with van der Waals surface area (Å²) in [6.45, 7) is 1.29. The van der Waals surface area contributed by atoms with Gasteiger partial charge in [0.15, 0.2) is 6.61 Å². The topological polar surface area (TPSA) is 92.8 Å². The van der Waals surface area contributed by atoms with E-state index in [9.17, 15) is 19.2 Å². The Kier molecular flexibility index (Phi) is 5.75. The molecule has 1 N–H and O–H groups in total. The first-order chi connectivity index (χ1) is 15.3. The molecular formula is C24H17ClN2O5. The van der Waals surface area contributed by atoms with Crippen molar-refractivity contribution in [3.63, 3.8) is 0 Å². The van der Waals surface area contributed by atoms with Crippen molar-refractivity contribution >= 4 is 46.7 Å². The number of benzene rings is 3. The second kappa shape index (κ2) is 8.64. The number of rotatable bonds is 5. The average molecular weight is 449 g/mol. The Bertz CT molecular complexity index is 1250. The van der Waals surface area contributed by atoms with E-state index in [2.05, 4.69) is 5.32 Å². The Morgan fingerprint density at radius 2 is 1.62 bits per heavy atom. The van der Waals surface area contributed by atoms with Crippen LogP contribution in [0.2, 0.25) is 5.02 Å². The van der Waals surface area contributed by atoms with Crippen LogP contribution in [-0.4, -0.2) is 30.3 Å². The van der Waals surface area contributed by atoms with Crippen LogP contribution in [0.25, 0.3) is 0 Å². The molecule has 0 radical (unpaired) electrons. The van der Waals surface area contributed by atoms with Gasteiger partial charge >= 0.3 is 5.97 Å². The highest BCUT2D eigenvalue weighted by Crippen LogP contribution is 2.31. The minimum Gasteiger partial charge on any atom is -0.452 e. The molecular weight excluding hydrogens is 432 g/mol. The zero-order valence-electron chi connectivity index (χ0n) is 16.9. The molecule has 0 fully saturated rings. The predicted octanol–water partition coefficient (Wildman–Crippen LogP) is 4.24. The lowest BCUT2D eigenvalue weighted by Crippen LogP contribution is -2.29. The van der Waals surface area contributed by atoms with E-state index >= 15 is 0 Å². The fourth-order valence-electron chi connectivity index (χ4n) is 3.35. The number of ether oxygens (including phenoxy) is 1. The van der Waals surface area contributed by atoms with Crippen LogP contribution in [-0.2, 0) is 9.53 Å². The molecule has 0 atom stereocenters. The highest BCUT2D eigenvalue weighted by molar-refractivity contribution is 6.35. The number of halogens is 1. The minimum absolute atomic E-state index is 0.0656. The second-order valence-corrected chi connectivity index (χ2v) is 7.56. The fourth-order valence-corrected chi connectivity index (χ4v) is 3.47. The van der Waals surface area contributed by atoms with E-state index in [1.807, 2.05) is 6.07 Å². The molecule has 1 heterocycles. The maximum Gasteiger partial charge on any atom is 0.338 e. The number of fused-ring (bicyclic) bond motifs is 1. The van der Waals surface area contributed by atoms with Gasteiger partial charge in [0.05, 0.1) is 22.4 Å². The highest BCUT2D eigenvalue weighted by atomic mass is 35.5. The van der Waals surface area contributed by atoms with Gasteiger partial charge in [0, 0.05) is 10.7 Å². The number of amides is 3. The summed E-state index contributed by atoms with van der Waals surface area (Å²) in [5, 5.41) is 3.11. The molecule has 32 heavy (non-hydrogen) atoms. The number of imide groups is 1. The number of anilines is 2. The quantitative estimate of drug-likeness (QED) is 0.465. The molecule has 0 unspecified atom stereocenters. The number of aryl methyl sites for hydroxylation is 1. The normalized spacial score (nSPS) is 12.5. The summed E-state index contributed by atoms with van der Waals surface area (Å²) in [4.78, 5) is 51.2. The predicted molar refractivity (Wildman–Crippen MR) is 119 cm³/mol. The van der Waals surface area contributed by atoms with Crippen LogP contribution in [0.3, 0.4) is 0 Å². The summed E-state index contributed by atoms with van der Waals surface area (Å²) in [7, 11) is 0. The van der Waals surface area contributed by atoms with E-state index in [4.69, 9.17) is 16.3 Å². The Morgan fingerprint density at radius 1 is 0.938 bits per heavy atom. The van der Waals surface area contributed by atoms with Crippen LogP contribution < -0.4 is 10.2 Å². The number of carbonyl (C=O) groups is 4. The third-order valence-electron chi connectivity index (χ3n) is 4.94. The standard InChI is InChI=1S/C24H17ClN2O5/c1-14-4-2-3-5-20(14)27-22(29)18-11-6-15(12-19(18)23(27)30)24(31)32-13-21(28)26-17-9-7-16(25)8-10-17/h2-12H,13H2,1H3,(H,26,28). The van der Waals surface area contributed by atoms with Crippen molar-refractivity contribution in [3.8, 4) is 0 Å². The summed E-state index contributed by atoms with van der Waals surface area (Å²) < 4.78 is 5.05. The van der Waals surface area contributed by atoms with Crippen molar-refractivity contribution in [3.05, 3.63) is 94.0 Å². The lowest BCUT2D eigenvalue weighted by atomic mass is 10.1. The minimum atomic E-state index is -0.784. The van der Waals surface area contributed by atoms with Crippen molar-refractivity contribution < 1.29 is 23.9 Å².